The highest BCUT2D eigenvalue weighted by molar-refractivity contribution is 5.82. The summed E-state index contributed by atoms with van der Waals surface area (Å²) in [6.07, 6.45) is 7.03. The van der Waals surface area contributed by atoms with Gasteiger partial charge >= 0.3 is 0 Å². The van der Waals surface area contributed by atoms with Crippen LogP contribution in [0.4, 0.5) is 0 Å². The lowest BCUT2D eigenvalue weighted by Gasteiger charge is -2.32. The second-order valence-corrected chi connectivity index (χ2v) is 6.00. The molecule has 1 aromatic rings. The van der Waals surface area contributed by atoms with Gasteiger partial charge in [0, 0.05) is 19.6 Å². The van der Waals surface area contributed by atoms with Gasteiger partial charge in [0.25, 0.3) is 0 Å². The summed E-state index contributed by atoms with van der Waals surface area (Å²) in [6.45, 7) is 2.71. The summed E-state index contributed by atoms with van der Waals surface area (Å²) in [5.41, 5.74) is 2.67. The van der Waals surface area contributed by atoms with Crippen LogP contribution in [0, 0.1) is 0 Å². The molecule has 0 saturated carbocycles. The Morgan fingerprint density at radius 1 is 1.00 bits per heavy atom. The Labute approximate surface area is 121 Å². The van der Waals surface area contributed by atoms with Crippen molar-refractivity contribution < 1.29 is 4.79 Å². The molecule has 1 atom stereocenters. The molecular formula is C17H24N2O. The Hall–Kier alpha value is -1.35. The van der Waals surface area contributed by atoms with Crippen molar-refractivity contribution in [1.82, 2.24) is 10.2 Å². The second kappa shape index (κ2) is 6.40. The van der Waals surface area contributed by atoms with Crippen LogP contribution in [-0.4, -0.2) is 29.9 Å². The molecule has 108 valence electrons. The number of nitrogens with one attached hydrogen (secondary N) is 1. The van der Waals surface area contributed by atoms with Gasteiger partial charge in [0.2, 0.25) is 5.91 Å². The lowest BCUT2D eigenvalue weighted by Crippen LogP contribution is -2.50. The number of hydrogen-bond donors (Lipinski definition) is 1. The number of nitrogens with zero attached hydrogens (tertiary/aromatic N) is 1. The van der Waals surface area contributed by atoms with Crippen molar-refractivity contribution in [2.45, 2.75) is 51.1 Å². The maximum Gasteiger partial charge on any atom is 0.240 e. The monoisotopic (exact) mass is 272 g/mol. The third-order valence-electron chi connectivity index (χ3n) is 4.55. The number of carbonyl (C=O) groups excluding carboxylic acids is 1. The van der Waals surface area contributed by atoms with Crippen LogP contribution < -0.4 is 5.32 Å². The van der Waals surface area contributed by atoms with Gasteiger partial charge in [0.1, 0.15) is 0 Å². The lowest BCUT2D eigenvalue weighted by atomic mass is 9.95. The van der Waals surface area contributed by atoms with Gasteiger partial charge in [0.05, 0.1) is 6.04 Å². The van der Waals surface area contributed by atoms with Gasteiger partial charge in [-0.2, -0.15) is 0 Å². The van der Waals surface area contributed by atoms with Crippen molar-refractivity contribution in [2.24, 2.45) is 0 Å². The predicted molar refractivity (Wildman–Crippen MR) is 80.4 cm³/mol. The molecule has 3 nitrogen and oxygen atoms in total. The molecule has 2 aliphatic rings. The first-order valence-electron chi connectivity index (χ1n) is 7.93. The molecule has 0 aliphatic carbocycles. The molecule has 1 fully saturated rings. The van der Waals surface area contributed by atoms with Crippen LogP contribution in [-0.2, 0) is 17.8 Å². The maximum absolute atomic E-state index is 12.7. The minimum absolute atomic E-state index is 0.0238. The summed E-state index contributed by atoms with van der Waals surface area (Å²) in [5, 5.41) is 3.42. The van der Waals surface area contributed by atoms with Crippen molar-refractivity contribution >= 4 is 5.91 Å². The van der Waals surface area contributed by atoms with E-state index >= 15 is 0 Å². The fourth-order valence-corrected chi connectivity index (χ4v) is 3.32. The minimum atomic E-state index is -0.0238. The zero-order valence-corrected chi connectivity index (χ0v) is 12.1. The molecule has 3 rings (SSSR count). The minimum Gasteiger partial charge on any atom is -0.341 e. The number of fused-ring (bicyclic) bond motifs is 1. The van der Waals surface area contributed by atoms with E-state index in [4.69, 9.17) is 0 Å². The van der Waals surface area contributed by atoms with Crippen molar-refractivity contribution in [3.8, 4) is 0 Å². The Kier molecular flexibility index (Phi) is 4.36. The third kappa shape index (κ3) is 3.04. The SMILES string of the molecule is O=C(C1Cc2ccccc2CN1)N1CCCCCCC1. The molecule has 3 heteroatoms. The van der Waals surface area contributed by atoms with Crippen LogP contribution in [0.3, 0.4) is 0 Å². The van der Waals surface area contributed by atoms with E-state index < -0.39 is 0 Å². The van der Waals surface area contributed by atoms with Gasteiger partial charge < -0.3 is 10.2 Å². The van der Waals surface area contributed by atoms with Crippen LogP contribution in [0.5, 0.6) is 0 Å². The first-order chi connectivity index (χ1) is 9.84. The Morgan fingerprint density at radius 2 is 1.65 bits per heavy atom. The Balaban J connectivity index is 1.65. The van der Waals surface area contributed by atoms with Crippen molar-refractivity contribution in [2.75, 3.05) is 13.1 Å². The number of likely N-dealkylation sites (tertiary alicyclic amines) is 1. The summed E-state index contributed by atoms with van der Waals surface area (Å²) in [4.78, 5) is 14.8. The van der Waals surface area contributed by atoms with Crippen molar-refractivity contribution in [3.05, 3.63) is 35.4 Å². The second-order valence-electron chi connectivity index (χ2n) is 6.00. The van der Waals surface area contributed by atoms with Gasteiger partial charge in [-0.05, 0) is 30.4 Å². The topological polar surface area (TPSA) is 32.3 Å². The molecule has 0 bridgehead atoms. The first-order valence-corrected chi connectivity index (χ1v) is 7.93. The van der Waals surface area contributed by atoms with Gasteiger partial charge in [-0.15, -0.1) is 0 Å². The Morgan fingerprint density at radius 3 is 2.40 bits per heavy atom. The quantitative estimate of drug-likeness (QED) is 0.852. The van der Waals surface area contributed by atoms with E-state index in [-0.39, 0.29) is 6.04 Å². The van der Waals surface area contributed by atoms with Crippen LogP contribution >= 0.6 is 0 Å². The zero-order chi connectivity index (χ0) is 13.8. The molecule has 1 amide bonds. The van der Waals surface area contributed by atoms with E-state index in [1.54, 1.807) is 0 Å². The molecule has 20 heavy (non-hydrogen) atoms. The predicted octanol–water partition coefficient (Wildman–Crippen LogP) is 2.49. The highest BCUT2D eigenvalue weighted by Gasteiger charge is 2.27. The molecule has 1 N–H and O–H groups in total. The number of benzene rings is 1. The molecule has 0 aromatic heterocycles. The van der Waals surface area contributed by atoms with Gasteiger partial charge in [-0.1, -0.05) is 43.5 Å². The Bertz CT molecular complexity index is 464. The normalized spacial score (nSPS) is 23.6. The molecule has 1 saturated heterocycles. The highest BCUT2D eigenvalue weighted by atomic mass is 16.2. The third-order valence-corrected chi connectivity index (χ3v) is 4.55. The van der Waals surface area contributed by atoms with Gasteiger partial charge in [-0.25, -0.2) is 0 Å². The fraction of sp³-hybridized carbons (Fsp3) is 0.588. The number of carbonyl (C=O) groups is 1. The summed E-state index contributed by atoms with van der Waals surface area (Å²) in [5.74, 6) is 0.307. The van der Waals surface area contributed by atoms with E-state index in [1.165, 1.54) is 30.4 Å². The first kappa shape index (κ1) is 13.6. The van der Waals surface area contributed by atoms with Crippen molar-refractivity contribution in [3.63, 3.8) is 0 Å². The molecular weight excluding hydrogens is 248 g/mol. The molecule has 0 radical (unpaired) electrons. The van der Waals surface area contributed by atoms with E-state index in [2.05, 4.69) is 34.5 Å². The number of hydrogen-bond acceptors (Lipinski definition) is 2. The van der Waals surface area contributed by atoms with Crippen LogP contribution in [0.1, 0.15) is 43.2 Å². The van der Waals surface area contributed by atoms with E-state index in [0.29, 0.717) is 5.91 Å². The molecule has 2 heterocycles. The average molecular weight is 272 g/mol. The summed E-state index contributed by atoms with van der Waals surface area (Å²) in [7, 11) is 0. The molecule has 1 unspecified atom stereocenters. The van der Waals surface area contributed by atoms with Gasteiger partial charge in [0.15, 0.2) is 0 Å². The maximum atomic E-state index is 12.7. The van der Waals surface area contributed by atoms with Gasteiger partial charge in [-0.3, -0.25) is 4.79 Å². The van der Waals surface area contributed by atoms with Crippen LogP contribution in [0.25, 0.3) is 0 Å². The molecule has 2 aliphatic heterocycles. The van der Waals surface area contributed by atoms with E-state index in [0.717, 1.165) is 38.9 Å². The average Bonchev–Trinajstić information content (AvgIpc) is 2.46. The molecule has 1 aromatic carbocycles. The summed E-state index contributed by atoms with van der Waals surface area (Å²) in [6, 6.07) is 8.43. The van der Waals surface area contributed by atoms with E-state index in [1.807, 2.05) is 0 Å². The van der Waals surface area contributed by atoms with Crippen molar-refractivity contribution in [1.29, 1.82) is 0 Å². The molecule has 0 spiro atoms. The largest absolute Gasteiger partial charge is 0.341 e. The van der Waals surface area contributed by atoms with Crippen LogP contribution in [0.2, 0.25) is 0 Å². The summed E-state index contributed by atoms with van der Waals surface area (Å²) >= 11 is 0. The highest BCUT2D eigenvalue weighted by Crippen LogP contribution is 2.18. The standard InChI is InChI=1S/C17H24N2O/c20-17(19-10-6-2-1-3-7-11-19)16-12-14-8-4-5-9-15(14)13-18-16/h4-5,8-9,16,18H,1-3,6-7,10-13H2. The smallest absolute Gasteiger partial charge is 0.240 e. The lowest BCUT2D eigenvalue weighted by molar-refractivity contribution is -0.134. The van der Waals surface area contributed by atoms with Crippen LogP contribution in [0.15, 0.2) is 24.3 Å². The summed E-state index contributed by atoms with van der Waals surface area (Å²) < 4.78 is 0. The number of rotatable bonds is 1. The van der Waals surface area contributed by atoms with E-state index in [9.17, 15) is 4.79 Å². The zero-order valence-electron chi connectivity index (χ0n) is 12.1. The fourth-order valence-electron chi connectivity index (χ4n) is 3.32. The number of amides is 1.